The molecule has 0 radical (unpaired) electrons. The third kappa shape index (κ3) is 5.58. The van der Waals surface area contributed by atoms with E-state index in [4.69, 9.17) is 16.6 Å². The second-order valence-corrected chi connectivity index (χ2v) is 9.04. The van der Waals surface area contributed by atoms with Crippen molar-refractivity contribution < 1.29 is 4.79 Å². The number of piperidine rings is 1. The topological polar surface area (TPSA) is 66.9 Å². The highest BCUT2D eigenvalue weighted by Gasteiger charge is 2.22. The Balaban J connectivity index is 1.45. The van der Waals surface area contributed by atoms with Crippen molar-refractivity contribution in [1.82, 2.24) is 15.3 Å². The van der Waals surface area contributed by atoms with Gasteiger partial charge in [-0.2, -0.15) is 0 Å². The Labute approximate surface area is 184 Å². The van der Waals surface area contributed by atoms with Gasteiger partial charge in [-0.1, -0.05) is 36.9 Å². The summed E-state index contributed by atoms with van der Waals surface area (Å²) in [6.07, 6.45) is 10.7. The molecule has 0 amide bonds. The van der Waals surface area contributed by atoms with E-state index in [0.29, 0.717) is 11.4 Å². The molecule has 4 rings (SSSR count). The SMILES string of the molecule is O=C(Cc1cc(-c2cccc(NCC3CCCCC3)n2)c(Cl)cn1)[C@@H]1CCCNC1. The molecule has 3 heterocycles. The molecule has 0 unspecified atom stereocenters. The fraction of sp³-hybridized carbons (Fsp3) is 0.542. The zero-order chi connectivity index (χ0) is 20.8. The molecule has 0 spiro atoms. The van der Waals surface area contributed by atoms with E-state index in [1.807, 2.05) is 24.3 Å². The molecule has 0 bridgehead atoms. The van der Waals surface area contributed by atoms with Crippen molar-refractivity contribution in [3.63, 3.8) is 0 Å². The summed E-state index contributed by atoms with van der Waals surface area (Å²) in [5.41, 5.74) is 2.40. The molecule has 6 heteroatoms. The van der Waals surface area contributed by atoms with E-state index in [-0.39, 0.29) is 11.7 Å². The maximum atomic E-state index is 12.7. The van der Waals surface area contributed by atoms with E-state index in [9.17, 15) is 4.79 Å². The van der Waals surface area contributed by atoms with Gasteiger partial charge >= 0.3 is 0 Å². The van der Waals surface area contributed by atoms with Crippen LogP contribution < -0.4 is 10.6 Å². The second kappa shape index (κ2) is 10.4. The van der Waals surface area contributed by atoms with Crippen LogP contribution in [0.2, 0.25) is 5.02 Å². The normalized spacial score (nSPS) is 20.1. The minimum absolute atomic E-state index is 0.0881. The molecule has 2 aliphatic rings. The van der Waals surface area contributed by atoms with Gasteiger partial charge in [-0.15, -0.1) is 0 Å². The van der Waals surface area contributed by atoms with Crippen molar-refractivity contribution in [3.8, 4) is 11.3 Å². The van der Waals surface area contributed by atoms with Crippen molar-refractivity contribution in [2.75, 3.05) is 25.0 Å². The number of pyridine rings is 2. The number of hydrogen-bond acceptors (Lipinski definition) is 5. The number of carbonyl (C=O) groups excluding carboxylic acids is 1. The van der Waals surface area contributed by atoms with Crippen molar-refractivity contribution >= 4 is 23.2 Å². The third-order valence-corrected chi connectivity index (χ3v) is 6.64. The van der Waals surface area contributed by atoms with E-state index in [1.165, 1.54) is 32.1 Å². The number of rotatable bonds is 7. The van der Waals surface area contributed by atoms with E-state index < -0.39 is 0 Å². The maximum absolute atomic E-state index is 12.7. The first-order chi connectivity index (χ1) is 14.7. The Kier molecular flexibility index (Phi) is 7.34. The molecule has 1 aliphatic heterocycles. The molecule has 2 fully saturated rings. The Morgan fingerprint density at radius 3 is 2.83 bits per heavy atom. The standard InChI is InChI=1S/C24H31ClN4O/c25-21-16-27-19(13-23(30)18-8-5-11-26-15-18)12-20(21)22-9-4-10-24(29-22)28-14-17-6-2-1-3-7-17/h4,9-10,12,16-18,26H,1-3,5-8,11,13-15H2,(H,28,29)/t18-/m1/s1. The fourth-order valence-corrected chi connectivity index (χ4v) is 4.75. The first-order valence-corrected chi connectivity index (χ1v) is 11.7. The molecule has 2 aromatic heterocycles. The lowest BCUT2D eigenvalue weighted by molar-refractivity contribution is -0.122. The van der Waals surface area contributed by atoms with Crippen LogP contribution in [0.5, 0.6) is 0 Å². The van der Waals surface area contributed by atoms with Gasteiger partial charge in [0, 0.05) is 42.9 Å². The third-order valence-electron chi connectivity index (χ3n) is 6.34. The predicted octanol–water partition coefficient (Wildman–Crippen LogP) is 4.90. The molecule has 5 nitrogen and oxygen atoms in total. The van der Waals surface area contributed by atoms with Crippen LogP contribution in [0.3, 0.4) is 0 Å². The van der Waals surface area contributed by atoms with Gasteiger partial charge in [0.05, 0.1) is 10.7 Å². The van der Waals surface area contributed by atoms with Crippen LogP contribution in [0.1, 0.15) is 50.6 Å². The summed E-state index contributed by atoms with van der Waals surface area (Å²) >= 11 is 6.45. The first kappa shape index (κ1) is 21.3. The van der Waals surface area contributed by atoms with Gasteiger partial charge < -0.3 is 10.6 Å². The van der Waals surface area contributed by atoms with Gasteiger partial charge in [0.15, 0.2) is 0 Å². The minimum Gasteiger partial charge on any atom is -0.370 e. The summed E-state index contributed by atoms with van der Waals surface area (Å²) in [4.78, 5) is 21.8. The lowest BCUT2D eigenvalue weighted by atomic mass is 9.89. The summed E-state index contributed by atoms with van der Waals surface area (Å²) in [5.74, 6) is 1.95. The van der Waals surface area contributed by atoms with Crippen LogP contribution in [0.15, 0.2) is 30.5 Å². The molecular formula is C24H31ClN4O. The van der Waals surface area contributed by atoms with Crippen LogP contribution >= 0.6 is 11.6 Å². The lowest BCUT2D eigenvalue weighted by Crippen LogP contribution is -2.35. The molecule has 0 aromatic carbocycles. The molecular weight excluding hydrogens is 396 g/mol. The largest absolute Gasteiger partial charge is 0.370 e. The molecule has 160 valence electrons. The second-order valence-electron chi connectivity index (χ2n) is 8.63. The van der Waals surface area contributed by atoms with E-state index >= 15 is 0 Å². The highest BCUT2D eigenvalue weighted by atomic mass is 35.5. The zero-order valence-corrected chi connectivity index (χ0v) is 18.3. The highest BCUT2D eigenvalue weighted by molar-refractivity contribution is 6.33. The van der Waals surface area contributed by atoms with Gasteiger partial charge in [0.2, 0.25) is 0 Å². The maximum Gasteiger partial charge on any atom is 0.143 e. The number of nitrogens with zero attached hydrogens (tertiary/aromatic N) is 2. The van der Waals surface area contributed by atoms with Crippen molar-refractivity contribution in [1.29, 1.82) is 0 Å². The molecule has 2 N–H and O–H groups in total. The smallest absolute Gasteiger partial charge is 0.143 e. The van der Waals surface area contributed by atoms with Gasteiger partial charge in [0.25, 0.3) is 0 Å². The number of carbonyl (C=O) groups is 1. The molecule has 1 saturated carbocycles. The summed E-state index contributed by atoms with van der Waals surface area (Å²) < 4.78 is 0. The van der Waals surface area contributed by atoms with Crippen LogP contribution in [0, 0.1) is 11.8 Å². The van der Waals surface area contributed by atoms with E-state index in [1.54, 1.807) is 6.20 Å². The fourth-order valence-electron chi connectivity index (χ4n) is 4.55. The lowest BCUT2D eigenvalue weighted by Gasteiger charge is -2.22. The summed E-state index contributed by atoms with van der Waals surface area (Å²) in [7, 11) is 0. The molecule has 30 heavy (non-hydrogen) atoms. The van der Waals surface area contributed by atoms with Gasteiger partial charge in [-0.25, -0.2) is 4.98 Å². The van der Waals surface area contributed by atoms with E-state index in [2.05, 4.69) is 15.6 Å². The van der Waals surface area contributed by atoms with Crippen molar-refractivity contribution in [2.24, 2.45) is 11.8 Å². The minimum atomic E-state index is 0.0881. The van der Waals surface area contributed by atoms with Crippen molar-refractivity contribution in [3.05, 3.63) is 41.2 Å². The Morgan fingerprint density at radius 2 is 2.03 bits per heavy atom. The van der Waals surface area contributed by atoms with Gasteiger partial charge in [-0.05, 0) is 56.3 Å². The monoisotopic (exact) mass is 426 g/mol. The van der Waals surface area contributed by atoms with Gasteiger partial charge in [0.1, 0.15) is 11.6 Å². The van der Waals surface area contributed by atoms with Crippen molar-refractivity contribution in [2.45, 2.75) is 51.4 Å². The van der Waals surface area contributed by atoms with Crippen LogP contribution in [0.25, 0.3) is 11.3 Å². The Hall–Kier alpha value is -1.98. The number of aromatic nitrogens is 2. The van der Waals surface area contributed by atoms with Gasteiger partial charge in [-0.3, -0.25) is 9.78 Å². The molecule has 1 saturated heterocycles. The summed E-state index contributed by atoms with van der Waals surface area (Å²) in [5, 5.41) is 7.37. The molecule has 1 atom stereocenters. The number of nitrogens with one attached hydrogen (secondary N) is 2. The number of hydrogen-bond donors (Lipinski definition) is 2. The summed E-state index contributed by atoms with van der Waals surface area (Å²) in [6.45, 7) is 2.75. The predicted molar refractivity (Wildman–Crippen MR) is 122 cm³/mol. The summed E-state index contributed by atoms with van der Waals surface area (Å²) in [6, 6.07) is 7.89. The zero-order valence-electron chi connectivity index (χ0n) is 17.5. The first-order valence-electron chi connectivity index (χ1n) is 11.3. The number of Topliss-reactive ketones (excluding diaryl/α,β-unsaturated/α-hetero) is 1. The number of halogens is 1. The van der Waals surface area contributed by atoms with E-state index in [0.717, 1.165) is 61.2 Å². The highest BCUT2D eigenvalue weighted by Crippen LogP contribution is 2.29. The van der Waals surface area contributed by atoms with Crippen LogP contribution in [-0.4, -0.2) is 35.4 Å². The quantitative estimate of drug-likeness (QED) is 0.659. The molecule has 2 aromatic rings. The number of ketones is 1. The molecule has 1 aliphatic carbocycles. The number of anilines is 1. The average molecular weight is 427 g/mol. The van der Waals surface area contributed by atoms with Crippen LogP contribution in [-0.2, 0) is 11.2 Å². The Morgan fingerprint density at radius 1 is 1.17 bits per heavy atom. The Bertz CT molecular complexity index is 860. The van der Waals surface area contributed by atoms with Crippen LogP contribution in [0.4, 0.5) is 5.82 Å². The average Bonchev–Trinajstić information content (AvgIpc) is 2.80.